The molecule has 1 aromatic carbocycles. The van der Waals surface area contributed by atoms with Gasteiger partial charge in [-0.2, -0.15) is 0 Å². The lowest BCUT2D eigenvalue weighted by Gasteiger charge is -2.40. The molecular weight excluding hydrogens is 528 g/mol. The molecule has 1 aliphatic carbocycles. The Balaban J connectivity index is 1.03. The summed E-state index contributed by atoms with van der Waals surface area (Å²) in [5.74, 6) is 1.77. The van der Waals surface area contributed by atoms with Crippen LogP contribution in [0.1, 0.15) is 95.3 Å². The monoisotopic (exact) mass is 572 g/mol. The van der Waals surface area contributed by atoms with Gasteiger partial charge in [-0.15, -0.1) is 0 Å². The molecule has 2 bridgehead atoms. The Morgan fingerprint density at radius 3 is 2.29 bits per heavy atom. The summed E-state index contributed by atoms with van der Waals surface area (Å²) in [6.45, 7) is 3.04. The van der Waals surface area contributed by atoms with E-state index in [1.165, 1.54) is 25.7 Å². The van der Waals surface area contributed by atoms with E-state index in [1.807, 2.05) is 12.1 Å². The smallest absolute Gasteiger partial charge is 0.251 e. The summed E-state index contributed by atoms with van der Waals surface area (Å²) in [5.41, 5.74) is 7.85. The van der Waals surface area contributed by atoms with Gasteiger partial charge in [0.05, 0.1) is 5.56 Å². The summed E-state index contributed by atoms with van der Waals surface area (Å²) in [7, 11) is 2.16. The molecule has 4 heterocycles. The second-order valence-corrected chi connectivity index (χ2v) is 13.0. The molecule has 0 spiro atoms. The van der Waals surface area contributed by atoms with E-state index in [-0.39, 0.29) is 17.7 Å². The summed E-state index contributed by atoms with van der Waals surface area (Å²) < 4.78 is 0. The molecule has 1 aromatic heterocycles. The van der Waals surface area contributed by atoms with Gasteiger partial charge in [0.15, 0.2) is 5.78 Å². The highest BCUT2D eigenvalue weighted by Crippen LogP contribution is 2.39. The number of hydrogen-bond acceptors (Lipinski definition) is 7. The Kier molecular flexibility index (Phi) is 8.47. The standard InChI is InChI=1S/C33H44N6O3/c1-38-14-12-21(13-15-38)4-10-30(40)24-6-11-31(36-20-24)39-26-7-8-27(39)18-25(17-26)37-33(42)23-5-9-28(32(34)41)29(16-23)35-19-22-2-3-22/h5-6,9,11,16,20-22,25-27,35H,2-4,7-8,10,12-15,17-19H2,1H3,(H2,34,41)(H,37,42)/t25-,26+,27-. The molecule has 4 fully saturated rings. The molecule has 2 amide bonds. The van der Waals surface area contributed by atoms with E-state index in [1.54, 1.807) is 24.4 Å². The van der Waals surface area contributed by atoms with Gasteiger partial charge in [0.1, 0.15) is 5.82 Å². The quantitative estimate of drug-likeness (QED) is 0.345. The maximum absolute atomic E-state index is 13.2. The molecular formula is C33H44N6O3. The van der Waals surface area contributed by atoms with Crippen LogP contribution < -0.4 is 21.3 Å². The zero-order valence-electron chi connectivity index (χ0n) is 24.7. The van der Waals surface area contributed by atoms with Crippen LogP contribution in [0.4, 0.5) is 11.5 Å². The predicted molar refractivity (Wildman–Crippen MR) is 164 cm³/mol. The SMILES string of the molecule is CN1CCC(CCC(=O)c2ccc(N3[C@@H]4CC[C@H]3C[C@@H](NC(=O)c3ccc(C(N)=O)c(NCC5CC5)c3)C4)nc2)CC1. The van der Waals surface area contributed by atoms with Crippen LogP contribution in [-0.2, 0) is 0 Å². The largest absolute Gasteiger partial charge is 0.384 e. The minimum atomic E-state index is -0.497. The van der Waals surface area contributed by atoms with E-state index in [4.69, 9.17) is 10.7 Å². The van der Waals surface area contributed by atoms with Crippen molar-refractivity contribution < 1.29 is 14.4 Å². The number of primary amides is 1. The molecule has 9 nitrogen and oxygen atoms in total. The fourth-order valence-electron chi connectivity index (χ4n) is 7.09. The molecule has 3 atom stereocenters. The number of Topliss-reactive ketones (excluding diaryl/α,β-unsaturated/α-hetero) is 1. The number of anilines is 2. The van der Waals surface area contributed by atoms with Crippen molar-refractivity contribution in [3.63, 3.8) is 0 Å². The van der Waals surface area contributed by atoms with E-state index in [9.17, 15) is 14.4 Å². The Morgan fingerprint density at radius 1 is 0.929 bits per heavy atom. The second-order valence-electron chi connectivity index (χ2n) is 13.0. The predicted octanol–water partition coefficient (Wildman–Crippen LogP) is 4.24. The normalized spacial score (nSPS) is 24.4. The molecule has 3 saturated heterocycles. The Labute approximate surface area is 248 Å². The number of aromatic nitrogens is 1. The number of benzene rings is 1. The number of nitrogens with zero attached hydrogens (tertiary/aromatic N) is 3. The van der Waals surface area contributed by atoms with Gasteiger partial charge in [-0.25, -0.2) is 4.98 Å². The number of rotatable bonds is 11. The number of likely N-dealkylation sites (tertiary alicyclic amines) is 1. The van der Waals surface area contributed by atoms with Crippen molar-refractivity contribution >= 4 is 29.1 Å². The molecule has 224 valence electrons. The minimum Gasteiger partial charge on any atom is -0.384 e. The van der Waals surface area contributed by atoms with E-state index >= 15 is 0 Å². The van der Waals surface area contributed by atoms with Crippen molar-refractivity contribution in [2.24, 2.45) is 17.6 Å². The van der Waals surface area contributed by atoms with Crippen LogP contribution in [0, 0.1) is 11.8 Å². The van der Waals surface area contributed by atoms with E-state index in [0.29, 0.717) is 52.7 Å². The van der Waals surface area contributed by atoms with Gasteiger partial charge in [-0.1, -0.05) is 0 Å². The van der Waals surface area contributed by atoms with Crippen LogP contribution in [0.15, 0.2) is 36.5 Å². The Bertz CT molecular complexity index is 1290. The highest BCUT2D eigenvalue weighted by Gasteiger charge is 2.42. The zero-order valence-corrected chi connectivity index (χ0v) is 24.7. The Morgan fingerprint density at radius 2 is 1.64 bits per heavy atom. The average molecular weight is 573 g/mol. The third-order valence-electron chi connectivity index (χ3n) is 9.85. The summed E-state index contributed by atoms with van der Waals surface area (Å²) in [6.07, 6.45) is 11.9. The third-order valence-corrected chi connectivity index (χ3v) is 9.85. The molecule has 3 aliphatic heterocycles. The highest BCUT2D eigenvalue weighted by atomic mass is 16.2. The van der Waals surface area contributed by atoms with Crippen LogP contribution in [0.3, 0.4) is 0 Å². The molecule has 42 heavy (non-hydrogen) atoms. The summed E-state index contributed by atoms with van der Waals surface area (Å²) in [6, 6.07) is 9.71. The second kappa shape index (κ2) is 12.4. The fraction of sp³-hybridized carbons (Fsp3) is 0.576. The number of nitrogens with one attached hydrogen (secondary N) is 2. The minimum absolute atomic E-state index is 0.0744. The Hall–Kier alpha value is -3.46. The van der Waals surface area contributed by atoms with Crippen molar-refractivity contribution in [2.45, 2.75) is 82.3 Å². The summed E-state index contributed by atoms with van der Waals surface area (Å²) in [4.78, 5) is 47.5. The van der Waals surface area contributed by atoms with Gasteiger partial charge < -0.3 is 26.2 Å². The van der Waals surface area contributed by atoms with Gasteiger partial charge in [-0.3, -0.25) is 14.4 Å². The molecule has 6 rings (SSSR count). The van der Waals surface area contributed by atoms with E-state index < -0.39 is 5.91 Å². The highest BCUT2D eigenvalue weighted by molar-refractivity contribution is 6.02. The van der Waals surface area contributed by atoms with Crippen LogP contribution in [0.5, 0.6) is 0 Å². The topological polar surface area (TPSA) is 121 Å². The van der Waals surface area contributed by atoms with Crippen LogP contribution in [-0.4, -0.2) is 72.3 Å². The van der Waals surface area contributed by atoms with Crippen molar-refractivity contribution in [1.29, 1.82) is 0 Å². The lowest BCUT2D eigenvalue weighted by atomic mass is 9.91. The van der Waals surface area contributed by atoms with Gasteiger partial charge in [0.2, 0.25) is 0 Å². The molecule has 4 aliphatic rings. The maximum atomic E-state index is 13.2. The number of pyridine rings is 1. The van der Waals surface area contributed by atoms with Gasteiger partial charge >= 0.3 is 0 Å². The van der Waals surface area contributed by atoms with Crippen molar-refractivity contribution in [1.82, 2.24) is 15.2 Å². The third kappa shape index (κ3) is 6.61. The number of carbonyl (C=O) groups excluding carboxylic acids is 3. The lowest BCUT2D eigenvalue weighted by molar-refractivity contribution is 0.0924. The van der Waals surface area contributed by atoms with Crippen molar-refractivity contribution in [3.8, 4) is 0 Å². The van der Waals surface area contributed by atoms with Gasteiger partial charge in [-0.05, 0) is 120 Å². The van der Waals surface area contributed by atoms with E-state index in [2.05, 4.69) is 27.5 Å². The van der Waals surface area contributed by atoms with Crippen LogP contribution in [0.2, 0.25) is 0 Å². The van der Waals surface area contributed by atoms with Crippen LogP contribution in [0.25, 0.3) is 0 Å². The summed E-state index contributed by atoms with van der Waals surface area (Å²) >= 11 is 0. The molecule has 2 aromatic rings. The first kappa shape index (κ1) is 28.6. The first-order valence-electron chi connectivity index (χ1n) is 15.8. The number of amides is 2. The molecule has 0 unspecified atom stereocenters. The average Bonchev–Trinajstić information content (AvgIpc) is 3.78. The zero-order chi connectivity index (χ0) is 29.2. The maximum Gasteiger partial charge on any atom is 0.251 e. The first-order chi connectivity index (χ1) is 20.3. The first-order valence-corrected chi connectivity index (χ1v) is 15.8. The molecule has 9 heteroatoms. The fourth-order valence-corrected chi connectivity index (χ4v) is 7.09. The number of carbonyl (C=O) groups is 3. The number of piperidine rings is 2. The van der Waals surface area contributed by atoms with Gasteiger partial charge in [0.25, 0.3) is 11.8 Å². The van der Waals surface area contributed by atoms with E-state index in [0.717, 1.165) is 57.6 Å². The number of hydrogen-bond donors (Lipinski definition) is 3. The number of nitrogens with two attached hydrogens (primary N) is 1. The molecule has 4 N–H and O–H groups in total. The molecule has 0 radical (unpaired) electrons. The number of fused-ring (bicyclic) bond motifs is 2. The van der Waals surface area contributed by atoms with Crippen molar-refractivity contribution in [3.05, 3.63) is 53.2 Å². The molecule has 1 saturated carbocycles. The van der Waals surface area contributed by atoms with Crippen molar-refractivity contribution in [2.75, 3.05) is 36.9 Å². The lowest BCUT2D eigenvalue weighted by Crippen LogP contribution is -2.50. The summed E-state index contributed by atoms with van der Waals surface area (Å²) in [5, 5.41) is 6.57. The van der Waals surface area contributed by atoms with Gasteiger partial charge in [0, 0.05) is 54.1 Å². The van der Waals surface area contributed by atoms with Crippen LogP contribution >= 0.6 is 0 Å². The number of ketones is 1.